The highest BCUT2D eigenvalue weighted by Gasteiger charge is 2.17. The van der Waals surface area contributed by atoms with E-state index in [1.54, 1.807) is 13.8 Å². The standard InChI is InChI=1S/C34H36O5/c1-23(2)20-37-32-17-15-31(16-18-32)30-13-11-29(12-14-30)28-9-7-26(8-10-28)19-27(21-38-33(35)24(3)4)22-39-34(36)25(5)6/h7-18,27H,1,3,5,19-22H2,2,4,6H3. The fraction of sp³-hybridized carbons (Fsp3) is 0.235. The van der Waals surface area contributed by atoms with Crippen molar-refractivity contribution in [1.82, 2.24) is 0 Å². The van der Waals surface area contributed by atoms with Gasteiger partial charge in [0.2, 0.25) is 0 Å². The van der Waals surface area contributed by atoms with Crippen molar-refractivity contribution in [1.29, 1.82) is 0 Å². The van der Waals surface area contributed by atoms with Crippen LogP contribution in [0.3, 0.4) is 0 Å². The van der Waals surface area contributed by atoms with E-state index < -0.39 is 11.9 Å². The number of hydrogen-bond donors (Lipinski definition) is 0. The molecule has 0 saturated heterocycles. The van der Waals surface area contributed by atoms with Gasteiger partial charge in [-0.15, -0.1) is 0 Å². The predicted octanol–water partition coefficient (Wildman–Crippen LogP) is 7.37. The summed E-state index contributed by atoms with van der Waals surface area (Å²) in [5, 5.41) is 0. The third kappa shape index (κ3) is 9.15. The molecule has 0 saturated carbocycles. The molecule has 0 spiro atoms. The van der Waals surface area contributed by atoms with Gasteiger partial charge >= 0.3 is 11.9 Å². The smallest absolute Gasteiger partial charge is 0.333 e. The number of ether oxygens (including phenoxy) is 3. The lowest BCUT2D eigenvalue weighted by molar-refractivity contribution is -0.144. The molecule has 39 heavy (non-hydrogen) atoms. The molecular formula is C34H36O5. The summed E-state index contributed by atoms with van der Waals surface area (Å²) < 4.78 is 16.4. The van der Waals surface area contributed by atoms with Gasteiger partial charge in [-0.05, 0) is 72.7 Å². The molecule has 0 atom stereocenters. The molecule has 0 aliphatic heterocycles. The maximum absolute atomic E-state index is 11.9. The van der Waals surface area contributed by atoms with Crippen LogP contribution in [0.4, 0.5) is 0 Å². The highest BCUT2D eigenvalue weighted by Crippen LogP contribution is 2.27. The zero-order chi connectivity index (χ0) is 28.4. The maximum atomic E-state index is 11.9. The van der Waals surface area contributed by atoms with E-state index in [1.165, 1.54) is 0 Å². The van der Waals surface area contributed by atoms with E-state index in [2.05, 4.69) is 68.3 Å². The maximum Gasteiger partial charge on any atom is 0.333 e. The van der Waals surface area contributed by atoms with Crippen LogP contribution in [-0.2, 0) is 25.5 Å². The Hall–Kier alpha value is -4.38. The summed E-state index contributed by atoms with van der Waals surface area (Å²) in [6, 6.07) is 24.7. The molecule has 3 aromatic carbocycles. The number of benzene rings is 3. The van der Waals surface area contributed by atoms with Crippen LogP contribution in [0.5, 0.6) is 5.75 Å². The Labute approximate surface area is 231 Å². The number of hydrogen-bond acceptors (Lipinski definition) is 5. The number of carbonyl (C=O) groups is 2. The first-order chi connectivity index (χ1) is 18.6. The van der Waals surface area contributed by atoms with Crippen LogP contribution in [0, 0.1) is 5.92 Å². The molecule has 5 heteroatoms. The normalized spacial score (nSPS) is 10.6. The highest BCUT2D eigenvalue weighted by atomic mass is 16.5. The van der Waals surface area contributed by atoms with Crippen molar-refractivity contribution < 1.29 is 23.8 Å². The van der Waals surface area contributed by atoms with Crippen LogP contribution < -0.4 is 4.74 Å². The molecule has 0 fully saturated rings. The van der Waals surface area contributed by atoms with Gasteiger partial charge in [-0.2, -0.15) is 0 Å². The molecule has 0 aliphatic rings. The molecule has 0 radical (unpaired) electrons. The van der Waals surface area contributed by atoms with Crippen molar-refractivity contribution in [2.45, 2.75) is 27.2 Å². The molecule has 0 heterocycles. The van der Waals surface area contributed by atoms with E-state index in [1.807, 2.05) is 31.2 Å². The van der Waals surface area contributed by atoms with Gasteiger partial charge in [-0.25, -0.2) is 9.59 Å². The lowest BCUT2D eigenvalue weighted by atomic mass is 9.96. The minimum Gasteiger partial charge on any atom is -0.489 e. The largest absolute Gasteiger partial charge is 0.489 e. The number of esters is 2. The van der Waals surface area contributed by atoms with E-state index >= 15 is 0 Å². The van der Waals surface area contributed by atoms with Crippen molar-refractivity contribution >= 4 is 11.9 Å². The summed E-state index contributed by atoms with van der Waals surface area (Å²) in [5.74, 6) is -0.294. The van der Waals surface area contributed by atoms with Gasteiger partial charge in [0.1, 0.15) is 12.4 Å². The lowest BCUT2D eigenvalue weighted by Gasteiger charge is -2.18. The molecule has 5 nitrogen and oxygen atoms in total. The van der Waals surface area contributed by atoms with E-state index in [9.17, 15) is 9.59 Å². The van der Waals surface area contributed by atoms with Gasteiger partial charge in [0.15, 0.2) is 0 Å². The quantitative estimate of drug-likeness (QED) is 0.133. The molecular weight excluding hydrogens is 488 g/mol. The molecule has 0 unspecified atom stereocenters. The van der Waals surface area contributed by atoms with Gasteiger partial charge < -0.3 is 14.2 Å². The second-order valence-electron chi connectivity index (χ2n) is 9.87. The Bertz CT molecular complexity index is 1290. The molecule has 3 aromatic rings. The molecule has 0 amide bonds. The second-order valence-corrected chi connectivity index (χ2v) is 9.87. The zero-order valence-corrected chi connectivity index (χ0v) is 23.0. The Balaban J connectivity index is 1.65. The van der Waals surface area contributed by atoms with Crippen LogP contribution in [0.25, 0.3) is 22.3 Å². The minimum absolute atomic E-state index is 0.124. The van der Waals surface area contributed by atoms with Crippen molar-refractivity contribution in [2.75, 3.05) is 19.8 Å². The second kappa shape index (κ2) is 14.0. The molecule has 0 bridgehead atoms. The Kier molecular flexibility index (Phi) is 10.4. The zero-order valence-electron chi connectivity index (χ0n) is 23.0. The molecule has 202 valence electrons. The summed E-state index contributed by atoms with van der Waals surface area (Å²) in [6.45, 7) is 17.0. The Morgan fingerprint density at radius 2 is 1.03 bits per heavy atom. The summed E-state index contributed by atoms with van der Waals surface area (Å²) >= 11 is 0. The molecule has 0 aliphatic carbocycles. The summed E-state index contributed by atoms with van der Waals surface area (Å²) in [6.07, 6.45) is 0.582. The van der Waals surface area contributed by atoms with Crippen molar-refractivity contribution in [2.24, 2.45) is 5.92 Å². The highest BCUT2D eigenvalue weighted by molar-refractivity contribution is 5.87. The fourth-order valence-corrected chi connectivity index (χ4v) is 3.77. The van der Waals surface area contributed by atoms with Gasteiger partial charge in [0, 0.05) is 17.1 Å². The van der Waals surface area contributed by atoms with E-state index in [4.69, 9.17) is 14.2 Å². The van der Waals surface area contributed by atoms with Crippen molar-refractivity contribution in [3.63, 3.8) is 0 Å². The predicted molar refractivity (Wildman–Crippen MR) is 156 cm³/mol. The van der Waals surface area contributed by atoms with Crippen molar-refractivity contribution in [3.05, 3.63) is 115 Å². The molecule has 3 rings (SSSR count). The topological polar surface area (TPSA) is 61.8 Å². The first-order valence-corrected chi connectivity index (χ1v) is 12.8. The summed E-state index contributed by atoms with van der Waals surface area (Å²) in [4.78, 5) is 23.7. The minimum atomic E-state index is -0.461. The van der Waals surface area contributed by atoms with Crippen molar-refractivity contribution in [3.8, 4) is 28.0 Å². The van der Waals surface area contributed by atoms with Gasteiger partial charge in [-0.1, -0.05) is 80.4 Å². The average molecular weight is 525 g/mol. The SMILES string of the molecule is C=C(C)COc1ccc(-c2ccc(-c3ccc(CC(COC(=O)C(=C)C)COC(=O)C(=C)C)cc3)cc2)cc1. The van der Waals surface area contributed by atoms with Crippen LogP contribution in [0.2, 0.25) is 0 Å². The van der Waals surface area contributed by atoms with Crippen LogP contribution >= 0.6 is 0 Å². The van der Waals surface area contributed by atoms with Gasteiger partial charge in [-0.3, -0.25) is 0 Å². The fourth-order valence-electron chi connectivity index (χ4n) is 3.77. The van der Waals surface area contributed by atoms with E-state index in [0.29, 0.717) is 24.2 Å². The monoisotopic (exact) mass is 524 g/mol. The molecule has 0 N–H and O–H groups in total. The van der Waals surface area contributed by atoms with E-state index in [0.717, 1.165) is 39.1 Å². The summed E-state index contributed by atoms with van der Waals surface area (Å²) in [7, 11) is 0. The van der Waals surface area contributed by atoms with Gasteiger partial charge in [0.05, 0.1) is 13.2 Å². The van der Waals surface area contributed by atoms with Crippen LogP contribution in [-0.4, -0.2) is 31.8 Å². The number of carbonyl (C=O) groups excluding carboxylic acids is 2. The Morgan fingerprint density at radius 3 is 1.41 bits per heavy atom. The Morgan fingerprint density at radius 1 is 0.641 bits per heavy atom. The molecule has 0 aromatic heterocycles. The summed E-state index contributed by atoms with van der Waals surface area (Å²) in [5.41, 5.74) is 7.12. The first kappa shape index (κ1) is 29.2. The first-order valence-electron chi connectivity index (χ1n) is 12.8. The number of rotatable bonds is 13. The third-order valence-electron chi connectivity index (χ3n) is 5.97. The van der Waals surface area contributed by atoms with Crippen LogP contribution in [0.1, 0.15) is 26.3 Å². The van der Waals surface area contributed by atoms with Crippen LogP contribution in [0.15, 0.2) is 109 Å². The van der Waals surface area contributed by atoms with E-state index in [-0.39, 0.29) is 19.1 Å². The van der Waals surface area contributed by atoms with Gasteiger partial charge in [0.25, 0.3) is 0 Å². The average Bonchev–Trinajstić information content (AvgIpc) is 2.93. The third-order valence-corrected chi connectivity index (χ3v) is 5.97. The lowest BCUT2D eigenvalue weighted by Crippen LogP contribution is -2.23.